The molecule has 0 saturated carbocycles. The van der Waals surface area contributed by atoms with Gasteiger partial charge in [-0.1, -0.05) is 34.6 Å². The molecule has 0 radical (unpaired) electrons. The quantitative estimate of drug-likeness (QED) is 0.747. The molecular formula is C13H29NO2. The number of rotatable bonds is 3. The third kappa shape index (κ3) is 5.50. The highest BCUT2D eigenvalue weighted by Gasteiger charge is 2.32. The molecule has 1 heterocycles. The maximum absolute atomic E-state index is 11.4. The monoisotopic (exact) mass is 231 g/mol. The van der Waals surface area contributed by atoms with Gasteiger partial charge >= 0.3 is 0 Å². The van der Waals surface area contributed by atoms with E-state index in [0.29, 0.717) is 25.0 Å². The summed E-state index contributed by atoms with van der Waals surface area (Å²) in [6.07, 6.45) is 0.699. The Labute approximate surface area is 101 Å². The van der Waals surface area contributed by atoms with Crippen LogP contribution in [0.4, 0.5) is 0 Å². The summed E-state index contributed by atoms with van der Waals surface area (Å²) in [5, 5.41) is 0. The van der Waals surface area contributed by atoms with Gasteiger partial charge in [0, 0.05) is 26.1 Å². The van der Waals surface area contributed by atoms with Gasteiger partial charge in [-0.25, -0.2) is 0 Å². The molecule has 1 rings (SSSR count). The van der Waals surface area contributed by atoms with E-state index in [0.717, 1.165) is 6.54 Å². The molecule has 2 unspecified atom stereocenters. The second-order valence-electron chi connectivity index (χ2n) is 3.50. The molecule has 0 spiro atoms. The number of nitrogens with zero attached hydrogens (tertiary/aromatic N) is 1. The SMILES string of the molecule is CC.CC.COCCN1C(=O)CC(C)C1C. The zero-order valence-corrected chi connectivity index (χ0v) is 12.0. The van der Waals surface area contributed by atoms with Crippen molar-refractivity contribution < 1.29 is 9.53 Å². The lowest BCUT2D eigenvalue weighted by Gasteiger charge is -2.22. The average Bonchev–Trinajstić information content (AvgIpc) is 2.57. The van der Waals surface area contributed by atoms with Crippen LogP contribution in [0.1, 0.15) is 48.0 Å². The molecule has 0 bridgehead atoms. The van der Waals surface area contributed by atoms with E-state index in [2.05, 4.69) is 13.8 Å². The fraction of sp³-hybridized carbons (Fsp3) is 0.923. The van der Waals surface area contributed by atoms with Gasteiger partial charge in [0.15, 0.2) is 0 Å². The summed E-state index contributed by atoms with van der Waals surface area (Å²) in [6, 6.07) is 0.382. The Balaban J connectivity index is 0. The van der Waals surface area contributed by atoms with Crippen molar-refractivity contribution in [1.82, 2.24) is 4.90 Å². The minimum Gasteiger partial charge on any atom is -0.383 e. The van der Waals surface area contributed by atoms with Crippen LogP contribution in [0, 0.1) is 5.92 Å². The summed E-state index contributed by atoms with van der Waals surface area (Å²) in [5.41, 5.74) is 0. The van der Waals surface area contributed by atoms with Crippen molar-refractivity contribution in [3.05, 3.63) is 0 Å². The first-order valence-electron chi connectivity index (χ1n) is 6.45. The normalized spacial score (nSPS) is 23.2. The van der Waals surface area contributed by atoms with E-state index in [4.69, 9.17) is 4.74 Å². The molecule has 1 aliphatic heterocycles. The van der Waals surface area contributed by atoms with Crippen LogP contribution >= 0.6 is 0 Å². The lowest BCUT2D eigenvalue weighted by atomic mass is 10.1. The van der Waals surface area contributed by atoms with Crippen molar-refractivity contribution in [2.24, 2.45) is 5.92 Å². The average molecular weight is 231 g/mol. The van der Waals surface area contributed by atoms with Crippen LogP contribution in [-0.4, -0.2) is 37.1 Å². The summed E-state index contributed by atoms with van der Waals surface area (Å²) in [7, 11) is 1.66. The third-order valence-corrected chi connectivity index (χ3v) is 2.67. The summed E-state index contributed by atoms with van der Waals surface area (Å²) in [4.78, 5) is 13.3. The van der Waals surface area contributed by atoms with Crippen LogP contribution < -0.4 is 0 Å². The van der Waals surface area contributed by atoms with E-state index < -0.39 is 0 Å². The van der Waals surface area contributed by atoms with Gasteiger partial charge in [-0.2, -0.15) is 0 Å². The van der Waals surface area contributed by atoms with Crippen molar-refractivity contribution in [2.45, 2.75) is 54.0 Å². The van der Waals surface area contributed by atoms with Crippen LogP contribution in [0.5, 0.6) is 0 Å². The first kappa shape index (κ1) is 17.8. The van der Waals surface area contributed by atoms with Gasteiger partial charge in [-0.05, 0) is 12.8 Å². The molecule has 1 amide bonds. The molecule has 98 valence electrons. The maximum atomic E-state index is 11.4. The van der Waals surface area contributed by atoms with Gasteiger partial charge in [0.05, 0.1) is 6.61 Å². The second kappa shape index (κ2) is 10.9. The number of carbonyl (C=O) groups excluding carboxylic acids is 1. The van der Waals surface area contributed by atoms with Gasteiger partial charge in [0.25, 0.3) is 0 Å². The molecule has 1 saturated heterocycles. The minimum absolute atomic E-state index is 0.270. The number of hydrogen-bond acceptors (Lipinski definition) is 2. The zero-order chi connectivity index (χ0) is 13.1. The first-order valence-corrected chi connectivity index (χ1v) is 6.45. The third-order valence-electron chi connectivity index (χ3n) is 2.67. The zero-order valence-electron chi connectivity index (χ0n) is 12.0. The Kier molecular flexibility index (Phi) is 12.2. The summed E-state index contributed by atoms with van der Waals surface area (Å²) < 4.78 is 4.94. The molecular weight excluding hydrogens is 202 g/mol. The summed E-state index contributed by atoms with van der Waals surface area (Å²) >= 11 is 0. The number of carbonyl (C=O) groups is 1. The molecule has 2 atom stereocenters. The second-order valence-corrected chi connectivity index (χ2v) is 3.50. The Morgan fingerprint density at radius 1 is 1.25 bits per heavy atom. The fourth-order valence-corrected chi connectivity index (χ4v) is 1.62. The van der Waals surface area contributed by atoms with Crippen LogP contribution in [0.15, 0.2) is 0 Å². The highest BCUT2D eigenvalue weighted by Crippen LogP contribution is 2.23. The smallest absolute Gasteiger partial charge is 0.223 e. The highest BCUT2D eigenvalue weighted by atomic mass is 16.5. The van der Waals surface area contributed by atoms with Crippen molar-refractivity contribution >= 4 is 5.91 Å². The molecule has 0 aromatic rings. The predicted molar refractivity (Wildman–Crippen MR) is 69.5 cm³/mol. The van der Waals surface area contributed by atoms with E-state index in [1.807, 2.05) is 32.6 Å². The fourth-order valence-electron chi connectivity index (χ4n) is 1.62. The Bertz CT molecular complexity index is 171. The predicted octanol–water partition coefficient (Wildman–Crippen LogP) is 2.94. The number of likely N-dealkylation sites (tertiary alicyclic amines) is 1. The van der Waals surface area contributed by atoms with Gasteiger partial charge < -0.3 is 9.64 Å². The van der Waals surface area contributed by atoms with E-state index in [1.54, 1.807) is 7.11 Å². The van der Waals surface area contributed by atoms with Crippen LogP contribution in [0.3, 0.4) is 0 Å². The molecule has 3 heteroatoms. The van der Waals surface area contributed by atoms with E-state index in [1.165, 1.54) is 0 Å². The molecule has 1 aliphatic rings. The highest BCUT2D eigenvalue weighted by molar-refractivity contribution is 5.79. The molecule has 0 aromatic carbocycles. The maximum Gasteiger partial charge on any atom is 0.223 e. The lowest BCUT2D eigenvalue weighted by Crippen LogP contribution is -2.35. The summed E-state index contributed by atoms with van der Waals surface area (Å²) in [6.45, 7) is 13.6. The van der Waals surface area contributed by atoms with E-state index in [9.17, 15) is 4.79 Å². The van der Waals surface area contributed by atoms with Crippen molar-refractivity contribution in [2.75, 3.05) is 20.3 Å². The Morgan fingerprint density at radius 2 is 1.75 bits per heavy atom. The topological polar surface area (TPSA) is 29.5 Å². The summed E-state index contributed by atoms with van der Waals surface area (Å²) in [5.74, 6) is 0.765. The van der Waals surface area contributed by atoms with E-state index >= 15 is 0 Å². The largest absolute Gasteiger partial charge is 0.383 e. The molecule has 16 heavy (non-hydrogen) atoms. The molecule has 1 fully saturated rings. The van der Waals surface area contributed by atoms with Crippen molar-refractivity contribution in [1.29, 1.82) is 0 Å². The van der Waals surface area contributed by atoms with E-state index in [-0.39, 0.29) is 5.91 Å². The van der Waals surface area contributed by atoms with Crippen molar-refractivity contribution in [3.63, 3.8) is 0 Å². The number of amides is 1. The van der Waals surface area contributed by atoms with Gasteiger partial charge in [0.2, 0.25) is 5.91 Å². The van der Waals surface area contributed by atoms with Gasteiger partial charge in [0.1, 0.15) is 0 Å². The van der Waals surface area contributed by atoms with Crippen LogP contribution in [0.2, 0.25) is 0 Å². The number of hydrogen-bond donors (Lipinski definition) is 0. The lowest BCUT2D eigenvalue weighted by molar-refractivity contribution is -0.129. The molecule has 0 aromatic heterocycles. The van der Waals surface area contributed by atoms with Crippen LogP contribution in [0.25, 0.3) is 0 Å². The number of ether oxygens (including phenoxy) is 1. The minimum atomic E-state index is 0.270. The van der Waals surface area contributed by atoms with Gasteiger partial charge in [-0.15, -0.1) is 0 Å². The Hall–Kier alpha value is -0.570. The Morgan fingerprint density at radius 3 is 2.06 bits per heavy atom. The molecule has 0 aliphatic carbocycles. The standard InChI is InChI=1S/C9H17NO2.2C2H6/c1-7-6-9(11)10(8(7)2)4-5-12-3;2*1-2/h7-8H,4-6H2,1-3H3;2*1-2H3. The molecule has 3 nitrogen and oxygen atoms in total. The first-order chi connectivity index (χ1) is 7.66. The van der Waals surface area contributed by atoms with Crippen LogP contribution in [-0.2, 0) is 9.53 Å². The molecule has 0 N–H and O–H groups in total. The number of methoxy groups -OCH3 is 1. The van der Waals surface area contributed by atoms with Gasteiger partial charge in [-0.3, -0.25) is 4.79 Å². The van der Waals surface area contributed by atoms with Crippen molar-refractivity contribution in [3.8, 4) is 0 Å².